The van der Waals surface area contributed by atoms with Crippen molar-refractivity contribution >= 4 is 18.3 Å². The third-order valence-corrected chi connectivity index (χ3v) is 2.53. The molecule has 2 fully saturated rings. The molecule has 0 bridgehead atoms. The molecule has 1 amide bonds. The summed E-state index contributed by atoms with van der Waals surface area (Å²) in [5.41, 5.74) is 5.65. The Bertz CT molecular complexity index is 201. The largest absolute Gasteiger partial charge is 0.367 e. The summed E-state index contributed by atoms with van der Waals surface area (Å²) in [6, 6.07) is 0.539. The Labute approximate surface area is 90.0 Å². The molecule has 0 unspecified atom stereocenters. The summed E-state index contributed by atoms with van der Waals surface area (Å²) in [6.07, 6.45) is 3.65. The number of rotatable bonds is 2. The lowest BCUT2D eigenvalue weighted by atomic mass is 10.1. The highest BCUT2D eigenvalue weighted by molar-refractivity contribution is 5.85. The molecule has 0 aromatic carbocycles. The molecule has 3 N–H and O–H groups in total. The molecule has 0 spiro atoms. The highest BCUT2D eigenvalue weighted by atomic mass is 35.5. The minimum absolute atomic E-state index is 0. The summed E-state index contributed by atoms with van der Waals surface area (Å²) in [4.78, 5) is 11.5. The maximum Gasteiger partial charge on any atom is 0.249 e. The lowest BCUT2D eigenvalue weighted by Crippen LogP contribution is -2.44. The quantitative estimate of drug-likeness (QED) is 0.699. The summed E-state index contributed by atoms with van der Waals surface area (Å²) < 4.78 is 5.34. The van der Waals surface area contributed by atoms with Crippen molar-refractivity contribution in [2.45, 2.75) is 43.9 Å². The lowest BCUT2D eigenvalue weighted by Gasteiger charge is -2.25. The van der Waals surface area contributed by atoms with Gasteiger partial charge in [0.25, 0.3) is 0 Å². The van der Waals surface area contributed by atoms with Crippen molar-refractivity contribution in [1.82, 2.24) is 5.32 Å². The molecule has 1 aliphatic carbocycles. The first-order chi connectivity index (χ1) is 6.25. The Morgan fingerprint density at radius 2 is 2.00 bits per heavy atom. The van der Waals surface area contributed by atoms with E-state index in [1.165, 1.54) is 0 Å². The molecule has 82 valence electrons. The molecule has 2 rings (SSSR count). The number of halogens is 1. The van der Waals surface area contributed by atoms with E-state index < -0.39 is 0 Å². The maximum absolute atomic E-state index is 11.5. The van der Waals surface area contributed by atoms with E-state index in [2.05, 4.69) is 5.32 Å². The van der Waals surface area contributed by atoms with E-state index in [1.54, 1.807) is 0 Å². The van der Waals surface area contributed by atoms with Gasteiger partial charge in [0.1, 0.15) is 6.10 Å². The fraction of sp³-hybridized carbons (Fsp3) is 0.889. The van der Waals surface area contributed by atoms with Gasteiger partial charge in [0.2, 0.25) is 5.91 Å². The van der Waals surface area contributed by atoms with Crippen molar-refractivity contribution in [1.29, 1.82) is 0 Å². The van der Waals surface area contributed by atoms with E-state index in [-0.39, 0.29) is 30.5 Å². The van der Waals surface area contributed by atoms with Gasteiger partial charge in [0, 0.05) is 12.1 Å². The van der Waals surface area contributed by atoms with Crippen LogP contribution in [0, 0.1) is 0 Å². The minimum Gasteiger partial charge on any atom is -0.367 e. The van der Waals surface area contributed by atoms with Crippen molar-refractivity contribution < 1.29 is 9.53 Å². The predicted octanol–water partition coefficient (Wildman–Crippen LogP) is 0.193. The minimum atomic E-state index is -0.250. The van der Waals surface area contributed by atoms with Crippen LogP contribution >= 0.6 is 12.4 Å². The molecule has 1 saturated carbocycles. The number of amides is 1. The zero-order valence-electron chi connectivity index (χ0n) is 8.07. The molecule has 1 saturated heterocycles. The summed E-state index contributed by atoms with van der Waals surface area (Å²) in [7, 11) is 0. The molecule has 1 aliphatic heterocycles. The van der Waals surface area contributed by atoms with Crippen molar-refractivity contribution in [3.63, 3.8) is 0 Å². The van der Waals surface area contributed by atoms with E-state index in [0.717, 1.165) is 25.7 Å². The first kappa shape index (κ1) is 11.8. The second kappa shape index (κ2) is 4.96. The molecular weight excluding hydrogens is 204 g/mol. The average molecular weight is 221 g/mol. The van der Waals surface area contributed by atoms with E-state index in [4.69, 9.17) is 10.5 Å². The van der Waals surface area contributed by atoms with Crippen LogP contribution in [0.25, 0.3) is 0 Å². The van der Waals surface area contributed by atoms with E-state index >= 15 is 0 Å². The van der Waals surface area contributed by atoms with Crippen LogP contribution in [0.2, 0.25) is 0 Å². The predicted molar refractivity (Wildman–Crippen MR) is 55.4 cm³/mol. The Hall–Kier alpha value is -0.320. The van der Waals surface area contributed by atoms with Crippen LogP contribution in [-0.2, 0) is 9.53 Å². The number of hydrogen-bond acceptors (Lipinski definition) is 3. The normalized spacial score (nSPS) is 31.8. The molecule has 2 aliphatic rings. The second-order valence-electron chi connectivity index (χ2n) is 3.94. The van der Waals surface area contributed by atoms with Crippen molar-refractivity contribution in [3.8, 4) is 0 Å². The fourth-order valence-corrected chi connectivity index (χ4v) is 1.50. The van der Waals surface area contributed by atoms with E-state index in [9.17, 15) is 4.79 Å². The Morgan fingerprint density at radius 3 is 2.50 bits per heavy atom. The third-order valence-electron chi connectivity index (χ3n) is 2.53. The molecule has 0 aromatic rings. The number of nitrogens with two attached hydrogens (primary N) is 1. The Morgan fingerprint density at radius 1 is 1.29 bits per heavy atom. The number of carbonyl (C=O) groups excluding carboxylic acids is 1. The molecule has 14 heavy (non-hydrogen) atoms. The van der Waals surface area contributed by atoms with Gasteiger partial charge < -0.3 is 15.8 Å². The van der Waals surface area contributed by atoms with Crippen LogP contribution in [0.3, 0.4) is 0 Å². The van der Waals surface area contributed by atoms with Gasteiger partial charge >= 0.3 is 0 Å². The van der Waals surface area contributed by atoms with Crippen LogP contribution in [0.4, 0.5) is 0 Å². The molecule has 0 aromatic heterocycles. The van der Waals surface area contributed by atoms with Gasteiger partial charge in [0.05, 0.1) is 6.61 Å². The molecular formula is C9H17ClN2O2. The number of ether oxygens (including phenoxy) is 1. The van der Waals surface area contributed by atoms with Crippen LogP contribution in [0.1, 0.15) is 25.7 Å². The van der Waals surface area contributed by atoms with Gasteiger partial charge in [-0.2, -0.15) is 0 Å². The molecule has 4 nitrogen and oxygen atoms in total. The van der Waals surface area contributed by atoms with Crippen LogP contribution in [-0.4, -0.2) is 30.7 Å². The van der Waals surface area contributed by atoms with Gasteiger partial charge in [-0.25, -0.2) is 0 Å². The summed E-state index contributed by atoms with van der Waals surface area (Å²) in [5, 5.41) is 2.93. The molecule has 2 atom stereocenters. The van der Waals surface area contributed by atoms with Gasteiger partial charge in [-0.05, 0) is 25.7 Å². The summed E-state index contributed by atoms with van der Waals surface area (Å²) in [6.45, 7) is 0.517. The molecule has 0 radical (unpaired) electrons. The monoisotopic (exact) mass is 220 g/mol. The van der Waals surface area contributed by atoms with Crippen LogP contribution < -0.4 is 11.1 Å². The standard InChI is InChI=1S/C9H16N2O2.ClH/c10-6-1-4-8(13-5-6)9(12)11-7-2-3-7;/h6-8H,1-5,10H2,(H,11,12);1H/t6-,8+;/m1./s1. The van der Waals surface area contributed by atoms with Gasteiger partial charge in [-0.3, -0.25) is 4.79 Å². The Kier molecular flexibility index (Phi) is 4.16. The summed E-state index contributed by atoms with van der Waals surface area (Å²) >= 11 is 0. The van der Waals surface area contributed by atoms with Gasteiger partial charge in [-0.1, -0.05) is 0 Å². The first-order valence-corrected chi connectivity index (χ1v) is 4.93. The van der Waals surface area contributed by atoms with Crippen molar-refractivity contribution in [2.24, 2.45) is 5.73 Å². The van der Waals surface area contributed by atoms with Crippen molar-refractivity contribution in [3.05, 3.63) is 0 Å². The zero-order valence-corrected chi connectivity index (χ0v) is 8.89. The smallest absolute Gasteiger partial charge is 0.249 e. The SMILES string of the molecule is Cl.N[C@@H]1CC[C@@H](C(=O)NC2CC2)OC1. The molecule has 5 heteroatoms. The lowest BCUT2D eigenvalue weighted by molar-refractivity contribution is -0.136. The van der Waals surface area contributed by atoms with Crippen LogP contribution in [0.5, 0.6) is 0 Å². The van der Waals surface area contributed by atoms with Gasteiger partial charge in [-0.15, -0.1) is 12.4 Å². The maximum atomic E-state index is 11.5. The number of nitrogens with one attached hydrogen (secondary N) is 1. The second-order valence-corrected chi connectivity index (χ2v) is 3.94. The van der Waals surface area contributed by atoms with Crippen LogP contribution in [0.15, 0.2) is 0 Å². The van der Waals surface area contributed by atoms with Crippen molar-refractivity contribution in [2.75, 3.05) is 6.61 Å². The topological polar surface area (TPSA) is 64.4 Å². The zero-order chi connectivity index (χ0) is 9.26. The molecule has 1 heterocycles. The number of hydrogen-bond donors (Lipinski definition) is 2. The Balaban J connectivity index is 0.000000980. The van der Waals surface area contributed by atoms with Gasteiger partial charge in [0.15, 0.2) is 0 Å². The summed E-state index contributed by atoms with van der Waals surface area (Å²) in [5.74, 6) is 0.0504. The van der Waals surface area contributed by atoms with E-state index in [1.807, 2.05) is 0 Å². The third kappa shape index (κ3) is 3.12. The number of carbonyl (C=O) groups is 1. The first-order valence-electron chi connectivity index (χ1n) is 4.93. The highest BCUT2D eigenvalue weighted by Crippen LogP contribution is 2.20. The fourth-order valence-electron chi connectivity index (χ4n) is 1.50. The van der Waals surface area contributed by atoms with E-state index in [0.29, 0.717) is 12.6 Å². The highest BCUT2D eigenvalue weighted by Gasteiger charge is 2.30. The average Bonchev–Trinajstić information content (AvgIpc) is 2.89.